The Bertz CT molecular complexity index is 635. The second kappa shape index (κ2) is 5.29. The highest BCUT2D eigenvalue weighted by Crippen LogP contribution is 2.31. The second-order valence-electron chi connectivity index (χ2n) is 4.88. The Morgan fingerprint density at radius 2 is 1.60 bits per heavy atom. The Morgan fingerprint density at radius 3 is 2.25 bits per heavy atom. The summed E-state index contributed by atoms with van der Waals surface area (Å²) in [7, 11) is 0. The highest BCUT2D eigenvalue weighted by atomic mass is 16.6. The molecule has 1 heterocycles. The highest BCUT2D eigenvalue weighted by molar-refractivity contribution is 6.05. The SMILES string of the molecule is CC1=NO[C@@H](C(=O)c2ccccc2)C1c1ccccc1. The van der Waals surface area contributed by atoms with Crippen LogP contribution in [0.1, 0.15) is 28.8 Å². The number of ketones is 1. The van der Waals surface area contributed by atoms with Gasteiger partial charge in [-0.1, -0.05) is 65.8 Å². The molecule has 3 heteroatoms. The van der Waals surface area contributed by atoms with Crippen molar-refractivity contribution in [3.05, 3.63) is 71.8 Å². The molecule has 100 valence electrons. The fourth-order valence-electron chi connectivity index (χ4n) is 2.52. The third-order valence-corrected chi connectivity index (χ3v) is 3.54. The summed E-state index contributed by atoms with van der Waals surface area (Å²) < 4.78 is 0. The summed E-state index contributed by atoms with van der Waals surface area (Å²) in [4.78, 5) is 18.0. The fourth-order valence-corrected chi connectivity index (χ4v) is 2.52. The molecule has 0 fully saturated rings. The molecule has 0 saturated carbocycles. The van der Waals surface area contributed by atoms with Gasteiger partial charge in [-0.2, -0.15) is 0 Å². The molecule has 20 heavy (non-hydrogen) atoms. The van der Waals surface area contributed by atoms with Crippen LogP contribution in [0, 0.1) is 0 Å². The number of carbonyl (C=O) groups is 1. The average molecular weight is 265 g/mol. The maximum atomic E-state index is 12.6. The van der Waals surface area contributed by atoms with Crippen LogP contribution in [0.2, 0.25) is 0 Å². The van der Waals surface area contributed by atoms with Crippen LogP contribution in [0.3, 0.4) is 0 Å². The molecule has 0 N–H and O–H groups in total. The lowest BCUT2D eigenvalue weighted by molar-refractivity contribution is 0.0516. The molecule has 2 aromatic carbocycles. The molecule has 3 rings (SSSR count). The molecule has 3 nitrogen and oxygen atoms in total. The zero-order valence-corrected chi connectivity index (χ0v) is 11.2. The Kier molecular flexibility index (Phi) is 3.33. The van der Waals surface area contributed by atoms with Gasteiger partial charge in [-0.15, -0.1) is 0 Å². The van der Waals surface area contributed by atoms with Crippen LogP contribution in [-0.4, -0.2) is 17.6 Å². The van der Waals surface area contributed by atoms with Crippen molar-refractivity contribution in [1.82, 2.24) is 0 Å². The van der Waals surface area contributed by atoms with Gasteiger partial charge in [0.05, 0.1) is 11.6 Å². The smallest absolute Gasteiger partial charge is 0.207 e. The lowest BCUT2D eigenvalue weighted by Crippen LogP contribution is -2.29. The molecule has 0 radical (unpaired) electrons. The predicted octanol–water partition coefficient (Wildman–Crippen LogP) is 3.43. The van der Waals surface area contributed by atoms with Gasteiger partial charge in [0.2, 0.25) is 11.9 Å². The molecule has 0 spiro atoms. The standard InChI is InChI=1S/C17H15NO2/c1-12-15(13-8-4-2-5-9-13)17(20-18-12)16(19)14-10-6-3-7-11-14/h2-11,15,17H,1H3/t15?,17-/m1/s1. The number of oxime groups is 1. The Morgan fingerprint density at radius 1 is 1.00 bits per heavy atom. The Balaban J connectivity index is 1.92. The summed E-state index contributed by atoms with van der Waals surface area (Å²) in [6, 6.07) is 19.1. The minimum atomic E-state index is -0.570. The first-order valence-electron chi connectivity index (χ1n) is 6.62. The highest BCUT2D eigenvalue weighted by Gasteiger charge is 2.38. The topological polar surface area (TPSA) is 38.7 Å². The van der Waals surface area contributed by atoms with Crippen molar-refractivity contribution in [2.75, 3.05) is 0 Å². The van der Waals surface area contributed by atoms with Gasteiger partial charge in [0.1, 0.15) is 0 Å². The summed E-state index contributed by atoms with van der Waals surface area (Å²) in [5.41, 5.74) is 2.55. The zero-order valence-electron chi connectivity index (χ0n) is 11.2. The van der Waals surface area contributed by atoms with Crippen LogP contribution >= 0.6 is 0 Å². The van der Waals surface area contributed by atoms with E-state index in [1.165, 1.54) is 0 Å². The molecule has 0 amide bonds. The van der Waals surface area contributed by atoms with Crippen LogP contribution in [0.25, 0.3) is 0 Å². The molecule has 1 aliphatic heterocycles. The molecule has 2 aromatic rings. The normalized spacial score (nSPS) is 21.1. The molecule has 0 bridgehead atoms. The number of carbonyl (C=O) groups excluding carboxylic acids is 1. The van der Waals surface area contributed by atoms with Crippen molar-refractivity contribution < 1.29 is 9.63 Å². The van der Waals surface area contributed by atoms with Crippen LogP contribution in [0.5, 0.6) is 0 Å². The Labute approximate surface area is 117 Å². The fraction of sp³-hybridized carbons (Fsp3) is 0.176. The molecule has 0 aliphatic carbocycles. The van der Waals surface area contributed by atoms with E-state index in [-0.39, 0.29) is 11.7 Å². The number of rotatable bonds is 3. The third kappa shape index (κ3) is 2.23. The number of benzene rings is 2. The Hall–Kier alpha value is -2.42. The van der Waals surface area contributed by atoms with Gasteiger partial charge in [0, 0.05) is 5.56 Å². The minimum absolute atomic E-state index is 0.0277. The molecule has 2 atom stereocenters. The molecule has 0 saturated heterocycles. The van der Waals surface area contributed by atoms with Gasteiger partial charge < -0.3 is 4.84 Å². The van der Waals surface area contributed by atoms with Gasteiger partial charge in [0.15, 0.2) is 0 Å². The van der Waals surface area contributed by atoms with Crippen molar-refractivity contribution >= 4 is 11.5 Å². The first kappa shape index (κ1) is 12.6. The van der Waals surface area contributed by atoms with E-state index < -0.39 is 6.10 Å². The monoisotopic (exact) mass is 265 g/mol. The zero-order chi connectivity index (χ0) is 13.9. The van der Waals surface area contributed by atoms with E-state index in [9.17, 15) is 4.79 Å². The van der Waals surface area contributed by atoms with Crippen LogP contribution in [-0.2, 0) is 4.84 Å². The van der Waals surface area contributed by atoms with Crippen molar-refractivity contribution in [2.45, 2.75) is 18.9 Å². The molecule has 0 aromatic heterocycles. The predicted molar refractivity (Wildman–Crippen MR) is 77.9 cm³/mol. The molecular formula is C17H15NO2. The first-order valence-corrected chi connectivity index (χ1v) is 6.62. The summed E-state index contributed by atoms with van der Waals surface area (Å²) in [5.74, 6) is -0.135. The molecular weight excluding hydrogens is 250 g/mol. The van der Waals surface area contributed by atoms with Crippen molar-refractivity contribution in [2.24, 2.45) is 5.16 Å². The number of hydrogen-bond donors (Lipinski definition) is 0. The molecule has 1 aliphatic rings. The van der Waals surface area contributed by atoms with Gasteiger partial charge in [0.25, 0.3) is 0 Å². The number of nitrogens with zero attached hydrogens (tertiary/aromatic N) is 1. The minimum Gasteiger partial charge on any atom is -0.383 e. The van der Waals surface area contributed by atoms with Gasteiger partial charge in [-0.25, -0.2) is 0 Å². The van der Waals surface area contributed by atoms with Gasteiger partial charge in [-0.05, 0) is 12.5 Å². The van der Waals surface area contributed by atoms with Crippen molar-refractivity contribution in [3.63, 3.8) is 0 Å². The average Bonchev–Trinajstić information content (AvgIpc) is 2.90. The quantitative estimate of drug-likeness (QED) is 0.797. The van der Waals surface area contributed by atoms with Crippen LogP contribution in [0.15, 0.2) is 65.8 Å². The maximum absolute atomic E-state index is 12.6. The third-order valence-electron chi connectivity index (χ3n) is 3.54. The van der Waals surface area contributed by atoms with E-state index in [0.29, 0.717) is 5.56 Å². The second-order valence-corrected chi connectivity index (χ2v) is 4.88. The molecule has 1 unspecified atom stereocenters. The van der Waals surface area contributed by atoms with E-state index in [1.807, 2.05) is 55.5 Å². The summed E-state index contributed by atoms with van der Waals surface area (Å²) >= 11 is 0. The van der Waals surface area contributed by atoms with E-state index >= 15 is 0 Å². The lowest BCUT2D eigenvalue weighted by Gasteiger charge is -2.17. The van der Waals surface area contributed by atoms with Crippen LogP contribution < -0.4 is 0 Å². The van der Waals surface area contributed by atoms with E-state index in [4.69, 9.17) is 4.84 Å². The van der Waals surface area contributed by atoms with Crippen molar-refractivity contribution in [1.29, 1.82) is 0 Å². The summed E-state index contributed by atoms with van der Waals surface area (Å²) in [5, 5.41) is 4.02. The van der Waals surface area contributed by atoms with Gasteiger partial charge >= 0.3 is 0 Å². The summed E-state index contributed by atoms with van der Waals surface area (Å²) in [6.45, 7) is 1.90. The van der Waals surface area contributed by atoms with Crippen LogP contribution in [0.4, 0.5) is 0 Å². The van der Waals surface area contributed by atoms with E-state index in [0.717, 1.165) is 11.3 Å². The lowest BCUT2D eigenvalue weighted by atomic mass is 9.86. The van der Waals surface area contributed by atoms with E-state index in [1.54, 1.807) is 12.1 Å². The maximum Gasteiger partial charge on any atom is 0.207 e. The number of hydrogen-bond acceptors (Lipinski definition) is 3. The van der Waals surface area contributed by atoms with E-state index in [2.05, 4.69) is 5.16 Å². The van der Waals surface area contributed by atoms with Gasteiger partial charge in [-0.3, -0.25) is 4.79 Å². The number of Topliss-reactive ketones (excluding diaryl/α,β-unsaturated/α-hetero) is 1. The van der Waals surface area contributed by atoms with Crippen molar-refractivity contribution in [3.8, 4) is 0 Å². The summed E-state index contributed by atoms with van der Waals surface area (Å²) in [6.07, 6.45) is -0.570. The largest absolute Gasteiger partial charge is 0.383 e. The first-order chi connectivity index (χ1) is 9.77.